The molecular formula is C14H27O. The fourth-order valence-corrected chi connectivity index (χ4v) is 1.54. The van der Waals surface area contributed by atoms with Gasteiger partial charge in [-0.25, -0.2) is 0 Å². The highest BCUT2D eigenvalue weighted by molar-refractivity contribution is 4.81. The van der Waals surface area contributed by atoms with E-state index in [0.29, 0.717) is 0 Å². The summed E-state index contributed by atoms with van der Waals surface area (Å²) in [6.07, 6.45) is 16.3. The average molecular weight is 211 g/mol. The predicted molar refractivity (Wildman–Crippen MR) is 67.7 cm³/mol. The summed E-state index contributed by atoms with van der Waals surface area (Å²) in [5, 5.41) is 0. The first kappa shape index (κ1) is 14.7. The molecule has 1 nitrogen and oxygen atoms in total. The van der Waals surface area contributed by atoms with E-state index in [4.69, 9.17) is 4.74 Å². The van der Waals surface area contributed by atoms with Crippen molar-refractivity contribution in [2.75, 3.05) is 7.11 Å². The molecule has 0 saturated heterocycles. The van der Waals surface area contributed by atoms with Crippen LogP contribution in [-0.4, -0.2) is 7.11 Å². The van der Waals surface area contributed by atoms with E-state index in [1.807, 2.05) is 6.61 Å². The maximum atomic E-state index is 4.88. The van der Waals surface area contributed by atoms with Crippen molar-refractivity contribution < 1.29 is 4.74 Å². The van der Waals surface area contributed by atoms with Crippen molar-refractivity contribution in [1.29, 1.82) is 0 Å². The summed E-state index contributed by atoms with van der Waals surface area (Å²) in [5.74, 6) is 0. The summed E-state index contributed by atoms with van der Waals surface area (Å²) < 4.78 is 4.88. The highest BCUT2D eigenvalue weighted by Crippen LogP contribution is 2.06. The molecule has 0 aliphatic carbocycles. The van der Waals surface area contributed by atoms with Gasteiger partial charge in [0.25, 0.3) is 0 Å². The van der Waals surface area contributed by atoms with Crippen LogP contribution < -0.4 is 0 Å². The Morgan fingerprint density at radius 2 is 1.47 bits per heavy atom. The Morgan fingerprint density at radius 1 is 0.800 bits per heavy atom. The lowest BCUT2D eigenvalue weighted by atomic mass is 10.1. The van der Waals surface area contributed by atoms with Crippen LogP contribution in [0.4, 0.5) is 0 Å². The van der Waals surface area contributed by atoms with Crippen molar-refractivity contribution >= 4 is 0 Å². The largest absolute Gasteiger partial charge is 0.379 e. The first-order chi connectivity index (χ1) is 7.41. The van der Waals surface area contributed by atoms with Gasteiger partial charge in [0, 0.05) is 7.11 Å². The summed E-state index contributed by atoms with van der Waals surface area (Å²) in [6.45, 7) is 4.13. The molecular weight excluding hydrogens is 184 g/mol. The number of ether oxygens (including phenoxy) is 1. The number of unbranched alkanes of at least 4 members (excludes halogenated alkanes) is 7. The maximum Gasteiger partial charge on any atom is 0.0832 e. The molecule has 0 fully saturated rings. The average Bonchev–Trinajstić information content (AvgIpc) is 2.26. The molecule has 0 rings (SSSR count). The van der Waals surface area contributed by atoms with Crippen LogP contribution in [-0.2, 0) is 4.74 Å². The Bertz CT molecular complexity index is 129. The zero-order valence-corrected chi connectivity index (χ0v) is 10.5. The number of hydrogen-bond donors (Lipinski definition) is 0. The zero-order valence-electron chi connectivity index (χ0n) is 10.5. The zero-order chi connectivity index (χ0) is 11.2. The van der Waals surface area contributed by atoms with Gasteiger partial charge in [0.1, 0.15) is 0 Å². The lowest BCUT2D eigenvalue weighted by molar-refractivity contribution is 0.263. The Labute approximate surface area is 95.9 Å². The van der Waals surface area contributed by atoms with E-state index in [1.54, 1.807) is 7.11 Å². The maximum absolute atomic E-state index is 4.88. The third-order valence-electron chi connectivity index (χ3n) is 2.50. The van der Waals surface area contributed by atoms with Crippen molar-refractivity contribution in [1.82, 2.24) is 0 Å². The summed E-state index contributed by atoms with van der Waals surface area (Å²) in [7, 11) is 1.71. The molecule has 0 aliphatic rings. The molecule has 89 valence electrons. The fraction of sp³-hybridized carbons (Fsp3) is 0.786. The minimum atomic E-state index is 1.07. The Morgan fingerprint density at radius 3 is 2.13 bits per heavy atom. The van der Waals surface area contributed by atoms with Gasteiger partial charge in [-0.3, -0.25) is 0 Å². The number of rotatable bonds is 11. The third kappa shape index (κ3) is 13.7. The van der Waals surface area contributed by atoms with E-state index in [0.717, 1.165) is 6.42 Å². The van der Waals surface area contributed by atoms with Crippen LogP contribution in [0.3, 0.4) is 0 Å². The van der Waals surface area contributed by atoms with Crippen LogP contribution in [0.25, 0.3) is 0 Å². The van der Waals surface area contributed by atoms with E-state index >= 15 is 0 Å². The summed E-state index contributed by atoms with van der Waals surface area (Å²) in [4.78, 5) is 0. The molecule has 0 aromatic carbocycles. The molecule has 0 amide bonds. The Hall–Kier alpha value is -0.300. The molecule has 1 heteroatoms. The molecule has 0 spiro atoms. The van der Waals surface area contributed by atoms with E-state index < -0.39 is 0 Å². The highest BCUT2D eigenvalue weighted by atomic mass is 16.5. The molecule has 0 bridgehead atoms. The number of allylic oxidation sites excluding steroid dienone is 2. The van der Waals surface area contributed by atoms with E-state index in [1.165, 1.54) is 51.4 Å². The molecule has 0 unspecified atom stereocenters. The standard InChI is InChI=1S/C14H27O/c1-3-4-5-6-7-8-9-10-11-12-13-14-15-2/h9-10,14H,3-8,11-13H2,1-2H3. The predicted octanol–water partition coefficient (Wildman–Crippen LogP) is 4.88. The minimum absolute atomic E-state index is 1.07. The lowest BCUT2D eigenvalue weighted by Gasteiger charge is -1.96. The van der Waals surface area contributed by atoms with Gasteiger partial charge in [-0.15, -0.1) is 0 Å². The molecule has 0 aromatic heterocycles. The molecule has 0 heterocycles. The first-order valence-electron chi connectivity index (χ1n) is 6.41. The lowest BCUT2D eigenvalue weighted by Crippen LogP contribution is -1.79. The van der Waals surface area contributed by atoms with Gasteiger partial charge in [-0.2, -0.15) is 0 Å². The van der Waals surface area contributed by atoms with Crippen LogP contribution >= 0.6 is 0 Å². The quantitative estimate of drug-likeness (QED) is 0.349. The van der Waals surface area contributed by atoms with Gasteiger partial charge in [-0.1, -0.05) is 44.8 Å². The van der Waals surface area contributed by atoms with Crippen molar-refractivity contribution in [2.45, 2.75) is 64.7 Å². The summed E-state index contributed by atoms with van der Waals surface area (Å²) in [6, 6.07) is 0. The van der Waals surface area contributed by atoms with E-state index in [2.05, 4.69) is 19.1 Å². The van der Waals surface area contributed by atoms with Crippen molar-refractivity contribution in [3.05, 3.63) is 18.8 Å². The van der Waals surface area contributed by atoms with Crippen molar-refractivity contribution in [3.63, 3.8) is 0 Å². The second-order valence-corrected chi connectivity index (χ2v) is 4.01. The van der Waals surface area contributed by atoms with Gasteiger partial charge in [0.05, 0.1) is 6.61 Å². The third-order valence-corrected chi connectivity index (χ3v) is 2.50. The molecule has 0 saturated carbocycles. The molecule has 1 radical (unpaired) electrons. The van der Waals surface area contributed by atoms with Gasteiger partial charge in [0.15, 0.2) is 0 Å². The second kappa shape index (κ2) is 13.7. The SMILES string of the molecule is CCCCCCCC=CCCC[CH]OC. The second-order valence-electron chi connectivity index (χ2n) is 4.01. The van der Waals surface area contributed by atoms with Gasteiger partial charge in [0.2, 0.25) is 0 Å². The van der Waals surface area contributed by atoms with Crippen LogP contribution in [0.1, 0.15) is 64.7 Å². The molecule has 0 atom stereocenters. The summed E-state index contributed by atoms with van der Waals surface area (Å²) in [5.41, 5.74) is 0. The topological polar surface area (TPSA) is 9.23 Å². The van der Waals surface area contributed by atoms with Crippen molar-refractivity contribution in [3.8, 4) is 0 Å². The van der Waals surface area contributed by atoms with E-state index in [9.17, 15) is 0 Å². The smallest absolute Gasteiger partial charge is 0.0832 e. The molecule has 15 heavy (non-hydrogen) atoms. The minimum Gasteiger partial charge on any atom is -0.379 e. The van der Waals surface area contributed by atoms with Crippen LogP contribution in [0.5, 0.6) is 0 Å². The molecule has 0 N–H and O–H groups in total. The fourth-order valence-electron chi connectivity index (χ4n) is 1.54. The highest BCUT2D eigenvalue weighted by Gasteiger charge is 1.87. The van der Waals surface area contributed by atoms with Crippen LogP contribution in [0.2, 0.25) is 0 Å². The molecule has 0 aliphatic heterocycles. The van der Waals surface area contributed by atoms with E-state index in [-0.39, 0.29) is 0 Å². The normalized spacial score (nSPS) is 11.3. The number of methoxy groups -OCH3 is 1. The van der Waals surface area contributed by atoms with Gasteiger partial charge >= 0.3 is 0 Å². The van der Waals surface area contributed by atoms with Crippen molar-refractivity contribution in [2.24, 2.45) is 0 Å². The van der Waals surface area contributed by atoms with Crippen LogP contribution in [0, 0.1) is 6.61 Å². The Balaban J connectivity index is 2.97. The number of hydrogen-bond acceptors (Lipinski definition) is 1. The monoisotopic (exact) mass is 211 g/mol. The van der Waals surface area contributed by atoms with Gasteiger partial charge < -0.3 is 4.74 Å². The summed E-state index contributed by atoms with van der Waals surface area (Å²) >= 11 is 0. The van der Waals surface area contributed by atoms with Crippen LogP contribution in [0.15, 0.2) is 12.2 Å². The first-order valence-corrected chi connectivity index (χ1v) is 6.41. The molecule has 0 aromatic rings. The Kier molecular flexibility index (Phi) is 13.4. The van der Waals surface area contributed by atoms with Gasteiger partial charge in [-0.05, 0) is 32.1 Å².